The fraction of sp³-hybridized carbons (Fsp3) is 0.133. The maximum atomic E-state index is 13.6. The Morgan fingerprint density at radius 2 is 1.86 bits per heavy atom. The Labute approximate surface area is 121 Å². The first-order valence-electron chi connectivity index (χ1n) is 6.41. The number of nitrogens with one attached hydrogen (secondary N) is 2. The number of carbonyl (C=O) groups is 1. The molecular weight excluding hydrogens is 276 g/mol. The van der Waals surface area contributed by atoms with E-state index in [1.165, 1.54) is 18.2 Å². The molecule has 0 aliphatic heterocycles. The van der Waals surface area contributed by atoms with Crippen LogP contribution in [0.25, 0.3) is 0 Å². The zero-order chi connectivity index (χ0) is 15.4. The number of para-hydroxylation sites is 1. The van der Waals surface area contributed by atoms with Gasteiger partial charge in [-0.3, -0.25) is 4.79 Å². The summed E-state index contributed by atoms with van der Waals surface area (Å²) in [5, 5.41) is 5.23. The van der Waals surface area contributed by atoms with Crippen LogP contribution >= 0.6 is 0 Å². The van der Waals surface area contributed by atoms with E-state index in [1.807, 2.05) is 0 Å². The Morgan fingerprint density at radius 1 is 1.19 bits per heavy atom. The van der Waals surface area contributed by atoms with Crippen molar-refractivity contribution in [1.29, 1.82) is 0 Å². The third-order valence-electron chi connectivity index (χ3n) is 2.88. The van der Waals surface area contributed by atoms with Crippen LogP contribution < -0.4 is 16.4 Å². The van der Waals surface area contributed by atoms with E-state index in [1.54, 1.807) is 13.0 Å². The maximum absolute atomic E-state index is 13.6. The molecule has 4 N–H and O–H groups in total. The molecule has 0 aromatic heterocycles. The number of benzene rings is 2. The highest BCUT2D eigenvalue weighted by atomic mass is 19.1. The monoisotopic (exact) mass is 291 g/mol. The number of rotatable bonds is 4. The molecule has 0 aliphatic rings. The van der Waals surface area contributed by atoms with Crippen molar-refractivity contribution in [2.75, 3.05) is 17.6 Å². The topological polar surface area (TPSA) is 67.2 Å². The zero-order valence-corrected chi connectivity index (χ0v) is 11.4. The minimum atomic E-state index is -0.738. The number of hydrogen-bond acceptors (Lipinski definition) is 3. The van der Waals surface area contributed by atoms with Gasteiger partial charge in [0.05, 0.1) is 11.4 Å². The largest absolute Gasteiger partial charge is 0.397 e. The van der Waals surface area contributed by atoms with Gasteiger partial charge >= 0.3 is 0 Å². The first-order chi connectivity index (χ1) is 10.0. The van der Waals surface area contributed by atoms with Crippen molar-refractivity contribution in [1.82, 2.24) is 5.32 Å². The summed E-state index contributed by atoms with van der Waals surface area (Å²) in [4.78, 5) is 11.8. The summed E-state index contributed by atoms with van der Waals surface area (Å²) in [6.07, 6.45) is 0. The molecule has 0 unspecified atom stereocenters. The van der Waals surface area contributed by atoms with Crippen molar-refractivity contribution in [2.45, 2.75) is 6.92 Å². The molecule has 0 saturated heterocycles. The molecule has 21 heavy (non-hydrogen) atoms. The summed E-state index contributed by atoms with van der Waals surface area (Å²) < 4.78 is 27.3. The average Bonchev–Trinajstić information content (AvgIpc) is 2.45. The molecule has 0 aliphatic carbocycles. The van der Waals surface area contributed by atoms with Crippen LogP contribution in [-0.4, -0.2) is 12.5 Å². The molecule has 1 amide bonds. The number of nitrogen functional groups attached to an aromatic ring is 1. The predicted molar refractivity (Wildman–Crippen MR) is 78.5 cm³/mol. The van der Waals surface area contributed by atoms with Crippen molar-refractivity contribution in [3.05, 3.63) is 53.6 Å². The zero-order valence-electron chi connectivity index (χ0n) is 11.4. The molecular formula is C15H15F2N3O. The molecule has 0 atom stereocenters. The molecule has 0 fully saturated rings. The molecule has 0 saturated carbocycles. The molecule has 0 bridgehead atoms. The third kappa shape index (κ3) is 3.28. The maximum Gasteiger partial charge on any atom is 0.251 e. The van der Waals surface area contributed by atoms with Gasteiger partial charge in [-0.05, 0) is 37.3 Å². The Morgan fingerprint density at radius 3 is 2.48 bits per heavy atom. The van der Waals surface area contributed by atoms with Gasteiger partial charge in [0.2, 0.25) is 0 Å². The summed E-state index contributed by atoms with van der Waals surface area (Å²) >= 11 is 0. The third-order valence-corrected chi connectivity index (χ3v) is 2.88. The molecule has 6 heteroatoms. The van der Waals surface area contributed by atoms with Crippen LogP contribution in [0.4, 0.5) is 25.8 Å². The fourth-order valence-electron chi connectivity index (χ4n) is 1.82. The van der Waals surface area contributed by atoms with E-state index in [9.17, 15) is 13.6 Å². The standard InChI is InChI=1S/C15H15F2N3O/c1-2-19-15(21)9-6-7-12(18)13(8-9)20-14-10(16)4-3-5-11(14)17/h3-8,20H,2,18H2,1H3,(H,19,21). The first-order valence-corrected chi connectivity index (χ1v) is 6.41. The van der Waals surface area contributed by atoms with Crippen molar-refractivity contribution in [3.63, 3.8) is 0 Å². The first kappa shape index (κ1) is 14.8. The van der Waals surface area contributed by atoms with Gasteiger partial charge in [0, 0.05) is 12.1 Å². The smallest absolute Gasteiger partial charge is 0.251 e. The Hall–Kier alpha value is -2.63. The van der Waals surface area contributed by atoms with Crippen LogP contribution in [0.3, 0.4) is 0 Å². The summed E-state index contributed by atoms with van der Waals surface area (Å²) in [5.74, 6) is -1.76. The Kier molecular flexibility index (Phi) is 4.37. The van der Waals surface area contributed by atoms with E-state index in [0.29, 0.717) is 12.1 Å². The molecule has 4 nitrogen and oxygen atoms in total. The van der Waals surface area contributed by atoms with Crippen LogP contribution in [-0.2, 0) is 0 Å². The number of nitrogens with two attached hydrogens (primary N) is 1. The van der Waals surface area contributed by atoms with Gasteiger partial charge in [-0.15, -0.1) is 0 Å². The van der Waals surface area contributed by atoms with Gasteiger partial charge in [-0.1, -0.05) is 6.07 Å². The van der Waals surface area contributed by atoms with Crippen LogP contribution in [0, 0.1) is 11.6 Å². The summed E-state index contributed by atoms with van der Waals surface area (Å²) in [5.41, 5.74) is 6.37. The van der Waals surface area contributed by atoms with Crippen LogP contribution in [0.1, 0.15) is 17.3 Å². The van der Waals surface area contributed by atoms with Crippen LogP contribution in [0.2, 0.25) is 0 Å². The summed E-state index contributed by atoms with van der Waals surface area (Å²) in [7, 11) is 0. The Bertz CT molecular complexity index is 654. The van der Waals surface area contributed by atoms with Crippen molar-refractivity contribution in [2.24, 2.45) is 0 Å². The number of amides is 1. The van der Waals surface area contributed by atoms with E-state index >= 15 is 0 Å². The van der Waals surface area contributed by atoms with E-state index in [-0.39, 0.29) is 23.0 Å². The normalized spacial score (nSPS) is 10.2. The minimum absolute atomic E-state index is 0.266. The lowest BCUT2D eigenvalue weighted by atomic mass is 10.1. The summed E-state index contributed by atoms with van der Waals surface area (Å²) in [6.45, 7) is 2.27. The second-order valence-corrected chi connectivity index (χ2v) is 4.38. The van der Waals surface area contributed by atoms with E-state index in [0.717, 1.165) is 12.1 Å². The minimum Gasteiger partial charge on any atom is -0.397 e. The van der Waals surface area contributed by atoms with Crippen molar-refractivity contribution in [3.8, 4) is 0 Å². The molecule has 0 heterocycles. The number of halogens is 2. The van der Waals surface area contributed by atoms with Gasteiger partial charge in [0.25, 0.3) is 5.91 Å². The molecule has 110 valence electrons. The lowest BCUT2D eigenvalue weighted by Crippen LogP contribution is -2.22. The molecule has 0 radical (unpaired) electrons. The number of hydrogen-bond donors (Lipinski definition) is 3. The Balaban J connectivity index is 2.35. The summed E-state index contributed by atoms with van der Waals surface area (Å²) in [6, 6.07) is 8.04. The highest BCUT2D eigenvalue weighted by molar-refractivity contribution is 5.96. The molecule has 2 aromatic carbocycles. The highest BCUT2D eigenvalue weighted by Gasteiger charge is 2.12. The molecule has 0 spiro atoms. The van der Waals surface area contributed by atoms with Gasteiger partial charge in [-0.25, -0.2) is 8.78 Å². The van der Waals surface area contributed by atoms with Gasteiger partial charge < -0.3 is 16.4 Å². The van der Waals surface area contributed by atoms with Gasteiger partial charge in [-0.2, -0.15) is 0 Å². The highest BCUT2D eigenvalue weighted by Crippen LogP contribution is 2.27. The average molecular weight is 291 g/mol. The molecule has 2 aromatic rings. The van der Waals surface area contributed by atoms with Gasteiger partial charge in [0.15, 0.2) is 0 Å². The fourth-order valence-corrected chi connectivity index (χ4v) is 1.82. The second-order valence-electron chi connectivity index (χ2n) is 4.38. The van der Waals surface area contributed by atoms with Crippen molar-refractivity contribution < 1.29 is 13.6 Å². The number of carbonyl (C=O) groups excluding carboxylic acids is 1. The lowest BCUT2D eigenvalue weighted by Gasteiger charge is -2.12. The molecule has 2 rings (SSSR count). The number of anilines is 3. The quantitative estimate of drug-likeness (QED) is 0.758. The predicted octanol–water partition coefficient (Wildman–Crippen LogP) is 3.04. The van der Waals surface area contributed by atoms with E-state index < -0.39 is 11.6 Å². The van der Waals surface area contributed by atoms with Crippen LogP contribution in [0.5, 0.6) is 0 Å². The van der Waals surface area contributed by atoms with Crippen LogP contribution in [0.15, 0.2) is 36.4 Å². The van der Waals surface area contributed by atoms with Gasteiger partial charge in [0.1, 0.15) is 17.3 Å². The van der Waals surface area contributed by atoms with E-state index in [2.05, 4.69) is 10.6 Å². The van der Waals surface area contributed by atoms with E-state index in [4.69, 9.17) is 5.73 Å². The SMILES string of the molecule is CCNC(=O)c1ccc(N)c(Nc2c(F)cccc2F)c1. The second kappa shape index (κ2) is 6.21. The van der Waals surface area contributed by atoms with Crippen molar-refractivity contribution >= 4 is 23.0 Å². The lowest BCUT2D eigenvalue weighted by molar-refractivity contribution is 0.0956.